The zero-order valence-corrected chi connectivity index (χ0v) is 58.0. The van der Waals surface area contributed by atoms with Crippen LogP contribution in [0.1, 0.15) is 85.5 Å². The summed E-state index contributed by atoms with van der Waals surface area (Å²) in [5.74, 6) is 0. The second-order valence-electron chi connectivity index (χ2n) is 30.3. The zero-order valence-electron chi connectivity index (χ0n) is 45.9. The van der Waals surface area contributed by atoms with E-state index < -0.39 is 88.1 Å². The molecule has 0 spiro atoms. The number of hydrogen-bond donors (Lipinski definition) is 0. The van der Waals surface area contributed by atoms with E-state index in [9.17, 15) is 0 Å². The Balaban J connectivity index is 3.52. The molecule has 341 valence electrons. The first kappa shape index (κ1) is 57.3. The van der Waals surface area contributed by atoms with Crippen molar-refractivity contribution in [3.63, 3.8) is 0 Å². The second kappa shape index (κ2) is 18.7. The molecule has 0 N–H and O–H groups in total. The minimum atomic E-state index is -1.63. The fraction of sp³-hybridized carbons (Fsp3) is 0.755. The summed E-state index contributed by atoms with van der Waals surface area (Å²) in [6.07, 6.45) is 0. The van der Waals surface area contributed by atoms with Crippen LogP contribution in [0.5, 0.6) is 0 Å². The first-order valence-corrected chi connectivity index (χ1v) is 59.2. The van der Waals surface area contributed by atoms with Gasteiger partial charge in [0.2, 0.25) is 0 Å². The third-order valence-electron chi connectivity index (χ3n) is 13.2. The van der Waals surface area contributed by atoms with Gasteiger partial charge in [-0.05, 0) is 0 Å². The second-order valence-corrected chi connectivity index (χ2v) is 84.1. The molecule has 0 aromatic heterocycles. The normalized spacial score (nSPS) is 15.6. The molecule has 1 atom stereocenters. The molecule has 0 aliphatic rings. The molecule has 60 heavy (non-hydrogen) atoms. The molecule has 0 fully saturated rings. The van der Waals surface area contributed by atoms with Gasteiger partial charge in [-0.25, -0.2) is 0 Å². The van der Waals surface area contributed by atoms with Crippen LogP contribution in [0.3, 0.4) is 0 Å². The van der Waals surface area contributed by atoms with Crippen LogP contribution < -0.4 is 4.40 Å². The number of rotatable bonds is 17. The van der Waals surface area contributed by atoms with E-state index in [1.54, 1.807) is 16.7 Å². The molecule has 0 saturated heterocycles. The van der Waals surface area contributed by atoms with Crippen molar-refractivity contribution in [1.29, 1.82) is 0 Å². The Morgan fingerprint density at radius 3 is 0.950 bits per heavy atom. The molecule has 2 rings (SSSR count). The van der Waals surface area contributed by atoms with Crippen molar-refractivity contribution in [3.8, 4) is 0 Å². The van der Waals surface area contributed by atoms with Gasteiger partial charge in [0.15, 0.2) is 0 Å². The van der Waals surface area contributed by atoms with Gasteiger partial charge in [0, 0.05) is 0 Å². The van der Waals surface area contributed by atoms with Gasteiger partial charge in [-0.1, -0.05) is 0 Å². The third kappa shape index (κ3) is 14.3. The molecule has 0 nitrogen and oxygen atoms in total. The van der Waals surface area contributed by atoms with Crippen LogP contribution in [0.25, 0.3) is 0 Å². The summed E-state index contributed by atoms with van der Waals surface area (Å²) in [5.41, 5.74) is 12.5. The van der Waals surface area contributed by atoms with Crippen LogP contribution in [-0.4, -0.2) is 98.3 Å². The number of benzene rings is 2. The average Bonchev–Trinajstić information content (AvgIpc) is 2.89. The van der Waals surface area contributed by atoms with Crippen LogP contribution in [-0.2, 0) is 10.7 Å². The standard InChI is InChI=1S/C49H101GeSi10/c1-49(2,3)37-33-40(47(57(19,20)21)58(22,23)24)43(41(34-37)48(59(25,26)27)60(28,29)30)50-35-42-38(44(51)52(4,5)6)31-36(45(53(7,8)9)54(10,11)12)32-39(42)46(55(13,14)15)56(16,17)18/h31-34,44-48H,35H2,1-30H3. The Morgan fingerprint density at radius 2 is 0.683 bits per heavy atom. The number of hydrogen-bond acceptors (Lipinski definition) is 0. The van der Waals surface area contributed by atoms with Crippen LogP contribution in [0.2, 0.25) is 177 Å². The summed E-state index contributed by atoms with van der Waals surface area (Å²) >= 11 is -0.547. The predicted molar refractivity (Wildman–Crippen MR) is 310 cm³/mol. The van der Waals surface area contributed by atoms with Crippen molar-refractivity contribution in [2.45, 2.75) is 234 Å². The summed E-state index contributed by atoms with van der Waals surface area (Å²) in [6.45, 7) is 80.4. The van der Waals surface area contributed by atoms with E-state index in [0.29, 0.717) is 5.16 Å². The summed E-state index contributed by atoms with van der Waals surface area (Å²) in [4.78, 5) is 0. The Labute approximate surface area is 396 Å². The Kier molecular flexibility index (Phi) is 17.8. The van der Waals surface area contributed by atoms with Crippen LogP contribution in [0.15, 0.2) is 24.3 Å². The van der Waals surface area contributed by atoms with Crippen molar-refractivity contribution in [2.24, 2.45) is 0 Å². The van der Waals surface area contributed by atoms with E-state index in [1.807, 2.05) is 26.6 Å². The molecule has 5 radical (unpaired) electrons. The van der Waals surface area contributed by atoms with Crippen molar-refractivity contribution in [1.82, 2.24) is 0 Å². The van der Waals surface area contributed by atoms with E-state index in [0.717, 1.165) is 20.7 Å². The molecule has 0 amide bonds. The van der Waals surface area contributed by atoms with Gasteiger partial charge in [0.1, 0.15) is 0 Å². The van der Waals surface area contributed by atoms with Crippen molar-refractivity contribution in [2.75, 3.05) is 0 Å². The monoisotopic (exact) mass is 1040 g/mol. The molecule has 0 saturated carbocycles. The van der Waals surface area contributed by atoms with Crippen molar-refractivity contribution < 1.29 is 0 Å². The van der Waals surface area contributed by atoms with E-state index in [1.165, 1.54) is 5.25 Å². The minimum absolute atomic E-state index is 0.122. The molecule has 2 aromatic carbocycles. The van der Waals surface area contributed by atoms with Crippen molar-refractivity contribution in [3.05, 3.63) is 63.2 Å². The maximum absolute atomic E-state index is 4.68. The van der Waals surface area contributed by atoms with Gasteiger partial charge in [0.25, 0.3) is 0 Å². The Hall–Kier alpha value is 1.15. The summed E-state index contributed by atoms with van der Waals surface area (Å²) in [5, 5.41) is 4.68. The SMILES string of the molecule is CC(C)(C)c1cc(C([Si](C)(C)C)[Si](C)(C)C)[c]([Ge][CH2]c2c(C([Si])[Si](C)(C)C)cc(C([Si](C)(C)C)[Si](C)(C)C)cc2C([Si](C)(C)C)[Si](C)(C)C)c(C([Si](C)(C)C)[Si](C)(C)C)c1. The topological polar surface area (TPSA) is 0 Å². The molecule has 1 unspecified atom stereocenters. The first-order chi connectivity index (χ1) is 26.0. The van der Waals surface area contributed by atoms with Gasteiger partial charge in [-0.2, -0.15) is 0 Å². The molecule has 0 heterocycles. The third-order valence-corrected chi connectivity index (χ3v) is 58.4. The van der Waals surface area contributed by atoms with Crippen LogP contribution in [0, 0.1) is 0 Å². The van der Waals surface area contributed by atoms with E-state index in [-0.39, 0.29) is 5.41 Å². The van der Waals surface area contributed by atoms with E-state index in [2.05, 4.69) is 232 Å². The molecular formula is C49H101GeSi10. The molecule has 0 bridgehead atoms. The molecular weight excluding hydrogens is 942 g/mol. The fourth-order valence-electron chi connectivity index (χ4n) is 13.0. The maximum atomic E-state index is 4.68. The Morgan fingerprint density at radius 1 is 0.400 bits per heavy atom. The van der Waals surface area contributed by atoms with Gasteiger partial charge in [-0.3, -0.25) is 0 Å². The van der Waals surface area contributed by atoms with Gasteiger partial charge in [-0.15, -0.1) is 0 Å². The van der Waals surface area contributed by atoms with Crippen molar-refractivity contribution >= 4 is 103 Å². The summed E-state index contributed by atoms with van der Waals surface area (Å²) in [6, 6.07) is 11.5. The molecule has 11 heteroatoms. The zero-order chi connectivity index (χ0) is 47.7. The van der Waals surface area contributed by atoms with Gasteiger partial charge < -0.3 is 0 Å². The Bertz CT molecular complexity index is 1670. The predicted octanol–water partition coefficient (Wildman–Crippen LogP) is 16.0. The van der Waals surface area contributed by atoms with Gasteiger partial charge in [0.05, 0.1) is 0 Å². The molecule has 0 aliphatic carbocycles. The summed E-state index contributed by atoms with van der Waals surface area (Å²) < 4.78 is 1.92. The van der Waals surface area contributed by atoms with E-state index >= 15 is 0 Å². The van der Waals surface area contributed by atoms with Crippen LogP contribution in [0.4, 0.5) is 0 Å². The van der Waals surface area contributed by atoms with E-state index in [4.69, 9.17) is 0 Å². The quantitative estimate of drug-likeness (QED) is 0.139. The first-order valence-electron chi connectivity index (χ1n) is 23.8. The average molecular weight is 1040 g/mol. The van der Waals surface area contributed by atoms with Crippen LogP contribution >= 0.6 is 0 Å². The summed E-state index contributed by atoms with van der Waals surface area (Å²) in [7, 11) is -9.68. The van der Waals surface area contributed by atoms with Gasteiger partial charge >= 0.3 is 400 Å². The fourth-order valence-corrected chi connectivity index (χ4v) is 70.0. The molecule has 2 aromatic rings. The molecule has 0 aliphatic heterocycles.